The summed E-state index contributed by atoms with van der Waals surface area (Å²) in [7, 11) is 1.71. The third kappa shape index (κ3) is 12.3. The molecule has 0 aliphatic carbocycles. The van der Waals surface area contributed by atoms with Crippen LogP contribution in [0.4, 0.5) is 4.79 Å². The summed E-state index contributed by atoms with van der Waals surface area (Å²) in [4.78, 5) is 15.7. The Hall–Kier alpha value is -1.71. The van der Waals surface area contributed by atoms with E-state index in [-0.39, 0.29) is 24.0 Å². The number of hydrogen-bond donors (Lipinski definition) is 3. The smallest absolute Gasteiger partial charge is 0.407 e. The van der Waals surface area contributed by atoms with Crippen LogP contribution >= 0.6 is 24.0 Å². The first-order chi connectivity index (χ1) is 12.3. The zero-order chi connectivity index (χ0) is 19.4. The van der Waals surface area contributed by atoms with Gasteiger partial charge >= 0.3 is 6.09 Å². The van der Waals surface area contributed by atoms with Gasteiger partial charge in [0.2, 0.25) is 0 Å². The number of rotatable bonds is 8. The molecule has 1 amide bonds. The van der Waals surface area contributed by atoms with Gasteiger partial charge in [0.05, 0.1) is 6.61 Å². The molecule has 3 N–H and O–H groups in total. The molecular weight excluding hydrogens is 459 g/mol. The summed E-state index contributed by atoms with van der Waals surface area (Å²) in [5, 5.41) is 9.08. The Morgan fingerprint density at radius 3 is 2.48 bits per heavy atom. The zero-order valence-electron chi connectivity index (χ0n) is 16.9. The minimum absolute atomic E-state index is 0. The Kier molecular flexibility index (Phi) is 12.6. The number of aliphatic imine (C=N–C) groups is 1. The Morgan fingerprint density at radius 2 is 1.85 bits per heavy atom. The average Bonchev–Trinajstić information content (AvgIpc) is 2.58. The van der Waals surface area contributed by atoms with Gasteiger partial charge in [0.1, 0.15) is 11.4 Å². The monoisotopic (exact) mass is 492 g/mol. The molecule has 0 radical (unpaired) electrons. The van der Waals surface area contributed by atoms with E-state index in [2.05, 4.69) is 27.9 Å². The van der Waals surface area contributed by atoms with Crippen LogP contribution in [0.25, 0.3) is 0 Å². The van der Waals surface area contributed by atoms with E-state index >= 15 is 0 Å². The predicted octanol–water partition coefficient (Wildman–Crippen LogP) is 3.28. The Morgan fingerprint density at radius 1 is 1.15 bits per heavy atom. The molecule has 0 fully saturated rings. The summed E-state index contributed by atoms with van der Waals surface area (Å²) in [6, 6.07) is 7.97. The number of carbonyl (C=O) groups is 1. The highest BCUT2D eigenvalue weighted by molar-refractivity contribution is 14.0. The molecule has 7 nitrogen and oxygen atoms in total. The SMILES string of the molecule is CCCOc1cccc(CNC(=NC)NCCNC(=O)OC(C)(C)C)c1.I. The molecule has 0 aliphatic rings. The van der Waals surface area contributed by atoms with Crippen molar-refractivity contribution < 1.29 is 14.3 Å². The van der Waals surface area contributed by atoms with Gasteiger partial charge < -0.3 is 25.4 Å². The average molecular weight is 492 g/mol. The fraction of sp³-hybridized carbons (Fsp3) is 0.579. The molecule has 0 heterocycles. The van der Waals surface area contributed by atoms with Crippen molar-refractivity contribution in [2.45, 2.75) is 46.3 Å². The van der Waals surface area contributed by atoms with Gasteiger partial charge in [-0.05, 0) is 44.9 Å². The summed E-state index contributed by atoms with van der Waals surface area (Å²) in [6.45, 7) is 9.90. The predicted molar refractivity (Wildman–Crippen MR) is 120 cm³/mol. The number of hydrogen-bond acceptors (Lipinski definition) is 4. The Labute approximate surface area is 179 Å². The van der Waals surface area contributed by atoms with E-state index in [9.17, 15) is 4.79 Å². The number of amides is 1. The molecule has 154 valence electrons. The second-order valence-electron chi connectivity index (χ2n) is 6.78. The molecule has 0 atom stereocenters. The highest BCUT2D eigenvalue weighted by atomic mass is 127. The van der Waals surface area contributed by atoms with Gasteiger partial charge in [-0.3, -0.25) is 4.99 Å². The normalized spacial score (nSPS) is 11.2. The molecule has 0 aromatic heterocycles. The van der Waals surface area contributed by atoms with Gasteiger partial charge in [-0.15, -0.1) is 24.0 Å². The van der Waals surface area contributed by atoms with Gasteiger partial charge in [0, 0.05) is 26.7 Å². The molecule has 0 unspecified atom stereocenters. The van der Waals surface area contributed by atoms with Crippen molar-refractivity contribution in [3.63, 3.8) is 0 Å². The summed E-state index contributed by atoms with van der Waals surface area (Å²) in [5.41, 5.74) is 0.609. The van der Waals surface area contributed by atoms with Gasteiger partial charge in [0.15, 0.2) is 5.96 Å². The molecule has 1 aromatic rings. The third-order valence-electron chi connectivity index (χ3n) is 3.14. The van der Waals surface area contributed by atoms with Gasteiger partial charge in [-0.1, -0.05) is 19.1 Å². The number of benzene rings is 1. The van der Waals surface area contributed by atoms with E-state index in [0.717, 1.165) is 17.7 Å². The second-order valence-corrected chi connectivity index (χ2v) is 6.78. The third-order valence-corrected chi connectivity index (χ3v) is 3.14. The van der Waals surface area contributed by atoms with Crippen molar-refractivity contribution in [3.05, 3.63) is 29.8 Å². The number of carbonyl (C=O) groups excluding carboxylic acids is 1. The zero-order valence-corrected chi connectivity index (χ0v) is 19.3. The first kappa shape index (κ1) is 25.3. The minimum Gasteiger partial charge on any atom is -0.494 e. The summed E-state index contributed by atoms with van der Waals surface area (Å²) < 4.78 is 10.8. The number of nitrogens with zero attached hydrogens (tertiary/aromatic N) is 1. The summed E-state index contributed by atoms with van der Waals surface area (Å²) in [5.74, 6) is 1.53. The largest absolute Gasteiger partial charge is 0.494 e. The number of alkyl carbamates (subject to hydrolysis) is 1. The Balaban J connectivity index is 0.00000676. The first-order valence-electron chi connectivity index (χ1n) is 8.97. The fourth-order valence-electron chi connectivity index (χ4n) is 2.03. The van der Waals surface area contributed by atoms with E-state index in [0.29, 0.717) is 32.2 Å². The van der Waals surface area contributed by atoms with Crippen molar-refractivity contribution in [1.29, 1.82) is 0 Å². The molecule has 0 spiro atoms. The minimum atomic E-state index is -0.496. The second kappa shape index (κ2) is 13.5. The van der Waals surface area contributed by atoms with Crippen LogP contribution in [0.15, 0.2) is 29.3 Å². The van der Waals surface area contributed by atoms with E-state index in [1.807, 2.05) is 45.0 Å². The number of nitrogens with one attached hydrogen (secondary N) is 3. The van der Waals surface area contributed by atoms with Gasteiger partial charge in [0.25, 0.3) is 0 Å². The molecule has 0 saturated carbocycles. The van der Waals surface area contributed by atoms with Crippen LogP contribution < -0.4 is 20.7 Å². The fourth-order valence-corrected chi connectivity index (χ4v) is 2.03. The lowest BCUT2D eigenvalue weighted by Gasteiger charge is -2.20. The molecule has 1 aromatic carbocycles. The van der Waals surface area contributed by atoms with E-state index in [1.165, 1.54) is 0 Å². The topological polar surface area (TPSA) is 84.0 Å². The van der Waals surface area contributed by atoms with Crippen molar-refractivity contribution in [3.8, 4) is 5.75 Å². The number of halogens is 1. The molecule has 27 heavy (non-hydrogen) atoms. The maximum atomic E-state index is 11.6. The van der Waals surface area contributed by atoms with Crippen molar-refractivity contribution in [1.82, 2.24) is 16.0 Å². The van der Waals surface area contributed by atoms with Crippen LogP contribution in [0, 0.1) is 0 Å². The van der Waals surface area contributed by atoms with Crippen LogP contribution in [-0.2, 0) is 11.3 Å². The van der Waals surface area contributed by atoms with Crippen molar-refractivity contribution >= 4 is 36.0 Å². The lowest BCUT2D eigenvalue weighted by Crippen LogP contribution is -2.42. The molecular formula is C19H33IN4O3. The van der Waals surface area contributed by atoms with Crippen LogP contribution in [0.3, 0.4) is 0 Å². The number of ether oxygens (including phenoxy) is 2. The first-order valence-corrected chi connectivity index (χ1v) is 8.97. The quantitative estimate of drug-likeness (QED) is 0.225. The Bertz CT molecular complexity index is 589. The van der Waals surface area contributed by atoms with Gasteiger partial charge in [-0.2, -0.15) is 0 Å². The standard InChI is InChI=1S/C19H32N4O3.HI/c1-6-12-25-16-9-7-8-15(13-16)14-23-17(20-5)21-10-11-22-18(24)26-19(2,3)4;/h7-9,13H,6,10-12,14H2,1-5H3,(H,22,24)(H2,20,21,23);1H. The van der Waals surface area contributed by atoms with Crippen molar-refractivity contribution in [2.24, 2.45) is 4.99 Å². The maximum absolute atomic E-state index is 11.6. The summed E-state index contributed by atoms with van der Waals surface area (Å²) in [6.07, 6.45) is 0.558. The maximum Gasteiger partial charge on any atom is 0.407 e. The lowest BCUT2D eigenvalue weighted by atomic mass is 10.2. The van der Waals surface area contributed by atoms with Crippen molar-refractivity contribution in [2.75, 3.05) is 26.7 Å². The van der Waals surface area contributed by atoms with E-state index in [4.69, 9.17) is 9.47 Å². The molecule has 0 bridgehead atoms. The van der Waals surface area contributed by atoms with Crippen LogP contribution in [-0.4, -0.2) is 44.4 Å². The van der Waals surface area contributed by atoms with E-state index in [1.54, 1.807) is 7.05 Å². The molecule has 8 heteroatoms. The highest BCUT2D eigenvalue weighted by Gasteiger charge is 2.15. The molecule has 1 rings (SSSR count). The number of guanidine groups is 1. The van der Waals surface area contributed by atoms with Crippen LogP contribution in [0.2, 0.25) is 0 Å². The highest BCUT2D eigenvalue weighted by Crippen LogP contribution is 2.13. The lowest BCUT2D eigenvalue weighted by molar-refractivity contribution is 0.0529. The van der Waals surface area contributed by atoms with E-state index < -0.39 is 11.7 Å². The summed E-state index contributed by atoms with van der Waals surface area (Å²) >= 11 is 0. The molecule has 0 aliphatic heterocycles. The van der Waals surface area contributed by atoms with Crippen LogP contribution in [0.1, 0.15) is 39.7 Å². The molecule has 0 saturated heterocycles. The van der Waals surface area contributed by atoms with Gasteiger partial charge in [-0.25, -0.2) is 4.79 Å². The van der Waals surface area contributed by atoms with Crippen LogP contribution in [0.5, 0.6) is 5.75 Å².